The Hall–Kier alpha value is -1.54. The minimum Gasteiger partial charge on any atom is -0.355 e. The summed E-state index contributed by atoms with van der Waals surface area (Å²) in [6, 6.07) is 6.56. The summed E-state index contributed by atoms with van der Waals surface area (Å²) in [7, 11) is -3.69. The van der Waals surface area contributed by atoms with Crippen LogP contribution in [0, 0.1) is 0 Å². The largest absolute Gasteiger partial charge is 0.355 e. The summed E-state index contributed by atoms with van der Waals surface area (Å²) in [5.41, 5.74) is 0.487. The van der Waals surface area contributed by atoms with Gasteiger partial charge in [0.05, 0.1) is 11.4 Å². The Labute approximate surface area is 128 Å². The standard InChI is InChI=1S/C13H17N3O3S2/c1-2-3-8-14-12(17)9-20-13-15-10-6-4-5-7-11(10)21(18,19)16-13/h4-7H,2-3,8-9H2,1H3,(H,14,17)(H,15,16). The summed E-state index contributed by atoms with van der Waals surface area (Å²) >= 11 is 1.08. The Kier molecular flexibility index (Phi) is 5.24. The quantitative estimate of drug-likeness (QED) is 0.805. The van der Waals surface area contributed by atoms with Gasteiger partial charge in [-0.1, -0.05) is 37.2 Å². The number of anilines is 1. The molecule has 2 rings (SSSR count). The maximum atomic E-state index is 12.0. The maximum absolute atomic E-state index is 12.0. The first-order valence-corrected chi connectivity index (χ1v) is 9.06. The molecule has 0 fully saturated rings. The van der Waals surface area contributed by atoms with E-state index < -0.39 is 10.0 Å². The number of benzene rings is 1. The van der Waals surface area contributed by atoms with Gasteiger partial charge in [0.25, 0.3) is 10.0 Å². The van der Waals surface area contributed by atoms with Gasteiger partial charge in [0.15, 0.2) is 5.17 Å². The number of amides is 1. The van der Waals surface area contributed by atoms with Crippen LogP contribution in [-0.2, 0) is 14.8 Å². The van der Waals surface area contributed by atoms with Gasteiger partial charge in [-0.25, -0.2) is 0 Å². The Morgan fingerprint density at radius 2 is 2.14 bits per heavy atom. The molecule has 114 valence electrons. The van der Waals surface area contributed by atoms with Crippen molar-refractivity contribution in [2.75, 3.05) is 17.6 Å². The number of rotatable bonds is 5. The molecule has 6 nitrogen and oxygen atoms in total. The van der Waals surface area contributed by atoms with E-state index in [9.17, 15) is 13.2 Å². The molecule has 0 radical (unpaired) electrons. The third-order valence-corrected chi connectivity index (χ3v) is 5.13. The Bertz CT molecular complexity index is 656. The Morgan fingerprint density at radius 1 is 1.38 bits per heavy atom. The lowest BCUT2D eigenvalue weighted by Crippen LogP contribution is -2.28. The molecule has 0 bridgehead atoms. The smallest absolute Gasteiger partial charge is 0.286 e. The van der Waals surface area contributed by atoms with E-state index >= 15 is 0 Å². The van der Waals surface area contributed by atoms with Crippen LogP contribution in [0.5, 0.6) is 0 Å². The van der Waals surface area contributed by atoms with Gasteiger partial charge in [0, 0.05) is 6.54 Å². The molecule has 0 saturated carbocycles. The second-order valence-electron chi connectivity index (χ2n) is 4.48. The minimum atomic E-state index is -3.69. The topological polar surface area (TPSA) is 87.6 Å². The van der Waals surface area contributed by atoms with Crippen LogP contribution in [-0.4, -0.2) is 31.8 Å². The maximum Gasteiger partial charge on any atom is 0.286 e. The number of nitrogens with zero attached hydrogens (tertiary/aromatic N) is 1. The van der Waals surface area contributed by atoms with Crippen LogP contribution in [0.15, 0.2) is 33.6 Å². The highest BCUT2D eigenvalue weighted by Gasteiger charge is 2.24. The molecule has 1 aliphatic heterocycles. The molecule has 1 aromatic rings. The molecule has 1 aliphatic rings. The Morgan fingerprint density at radius 3 is 2.90 bits per heavy atom. The number of hydrogen-bond donors (Lipinski definition) is 2. The number of carbonyl (C=O) groups is 1. The molecule has 0 aliphatic carbocycles. The van der Waals surface area contributed by atoms with Crippen molar-refractivity contribution in [1.82, 2.24) is 5.32 Å². The summed E-state index contributed by atoms with van der Waals surface area (Å²) in [4.78, 5) is 11.8. The molecule has 1 heterocycles. The lowest BCUT2D eigenvalue weighted by atomic mass is 10.3. The third-order valence-electron chi connectivity index (χ3n) is 2.80. The highest BCUT2D eigenvalue weighted by atomic mass is 32.2. The monoisotopic (exact) mass is 327 g/mol. The number of amidine groups is 1. The van der Waals surface area contributed by atoms with Gasteiger partial charge in [-0.3, -0.25) is 4.79 Å². The molecule has 0 saturated heterocycles. The molecule has 0 atom stereocenters. The van der Waals surface area contributed by atoms with Gasteiger partial charge in [0.2, 0.25) is 5.91 Å². The number of hydrogen-bond acceptors (Lipinski definition) is 5. The van der Waals surface area contributed by atoms with Crippen molar-refractivity contribution in [2.45, 2.75) is 24.7 Å². The fourth-order valence-electron chi connectivity index (χ4n) is 1.74. The van der Waals surface area contributed by atoms with E-state index in [1.807, 2.05) is 6.92 Å². The van der Waals surface area contributed by atoms with E-state index in [1.54, 1.807) is 18.2 Å². The molecule has 0 unspecified atom stereocenters. The second kappa shape index (κ2) is 6.95. The molecule has 1 amide bonds. The molecular formula is C13H17N3O3S2. The van der Waals surface area contributed by atoms with E-state index in [2.05, 4.69) is 15.0 Å². The van der Waals surface area contributed by atoms with Gasteiger partial charge < -0.3 is 10.6 Å². The first kappa shape index (κ1) is 15.8. The summed E-state index contributed by atoms with van der Waals surface area (Å²) in [6.07, 6.45) is 1.94. The van der Waals surface area contributed by atoms with E-state index in [-0.39, 0.29) is 21.7 Å². The van der Waals surface area contributed by atoms with Gasteiger partial charge in [-0.2, -0.15) is 8.42 Å². The van der Waals surface area contributed by atoms with Crippen molar-refractivity contribution in [3.05, 3.63) is 24.3 Å². The van der Waals surface area contributed by atoms with Gasteiger partial charge in [0.1, 0.15) is 4.90 Å². The van der Waals surface area contributed by atoms with Crippen LogP contribution in [0.25, 0.3) is 0 Å². The van der Waals surface area contributed by atoms with Crippen molar-refractivity contribution >= 4 is 38.5 Å². The second-order valence-corrected chi connectivity index (χ2v) is 7.02. The number of unbranched alkanes of at least 4 members (excludes halogenated alkanes) is 1. The van der Waals surface area contributed by atoms with Crippen molar-refractivity contribution in [1.29, 1.82) is 0 Å². The van der Waals surface area contributed by atoms with Crippen LogP contribution in [0.1, 0.15) is 19.8 Å². The van der Waals surface area contributed by atoms with Crippen molar-refractivity contribution < 1.29 is 13.2 Å². The molecule has 21 heavy (non-hydrogen) atoms. The first-order valence-electron chi connectivity index (χ1n) is 6.63. The van der Waals surface area contributed by atoms with E-state index in [0.29, 0.717) is 12.2 Å². The zero-order valence-electron chi connectivity index (χ0n) is 11.6. The molecular weight excluding hydrogens is 310 g/mol. The third kappa shape index (κ3) is 4.21. The number of carbonyl (C=O) groups excluding carboxylic acids is 1. The summed E-state index contributed by atoms with van der Waals surface area (Å²) in [5.74, 6) is 0.00181. The lowest BCUT2D eigenvalue weighted by Gasteiger charge is -2.17. The average Bonchev–Trinajstić information content (AvgIpc) is 2.45. The number of para-hydroxylation sites is 1. The predicted octanol–water partition coefficient (Wildman–Crippen LogP) is 1.81. The predicted molar refractivity (Wildman–Crippen MR) is 85.1 cm³/mol. The molecule has 2 N–H and O–H groups in total. The average molecular weight is 327 g/mol. The molecule has 0 aromatic heterocycles. The van der Waals surface area contributed by atoms with Crippen LogP contribution in [0.2, 0.25) is 0 Å². The summed E-state index contributed by atoms with van der Waals surface area (Å²) in [6.45, 7) is 2.68. The Balaban J connectivity index is 1.97. The SMILES string of the molecule is CCCCNC(=O)CSC1=NS(=O)(=O)c2ccccc2N1. The van der Waals surface area contributed by atoms with E-state index in [0.717, 1.165) is 24.6 Å². The van der Waals surface area contributed by atoms with Crippen LogP contribution >= 0.6 is 11.8 Å². The fraction of sp³-hybridized carbons (Fsp3) is 0.385. The minimum absolute atomic E-state index is 0.130. The van der Waals surface area contributed by atoms with Crippen molar-refractivity contribution in [3.63, 3.8) is 0 Å². The van der Waals surface area contributed by atoms with E-state index in [4.69, 9.17) is 0 Å². The highest BCUT2D eigenvalue weighted by Crippen LogP contribution is 2.28. The van der Waals surface area contributed by atoms with Crippen LogP contribution in [0.4, 0.5) is 5.69 Å². The zero-order valence-corrected chi connectivity index (χ0v) is 13.3. The van der Waals surface area contributed by atoms with Gasteiger partial charge in [-0.05, 0) is 18.6 Å². The number of sulfonamides is 1. The molecule has 0 spiro atoms. The van der Waals surface area contributed by atoms with Crippen molar-refractivity contribution in [3.8, 4) is 0 Å². The van der Waals surface area contributed by atoms with Crippen molar-refractivity contribution in [2.24, 2.45) is 4.40 Å². The van der Waals surface area contributed by atoms with Crippen LogP contribution in [0.3, 0.4) is 0 Å². The summed E-state index contributed by atoms with van der Waals surface area (Å²) in [5, 5.41) is 5.92. The molecule has 8 heteroatoms. The van der Waals surface area contributed by atoms with Gasteiger partial charge in [-0.15, -0.1) is 4.40 Å². The van der Waals surface area contributed by atoms with Crippen LogP contribution < -0.4 is 10.6 Å². The normalized spacial score (nSPS) is 15.6. The summed E-state index contributed by atoms with van der Waals surface area (Å²) < 4.78 is 27.7. The first-order chi connectivity index (χ1) is 10.0. The fourth-order valence-corrected chi connectivity index (χ4v) is 3.81. The highest BCUT2D eigenvalue weighted by molar-refractivity contribution is 8.15. The number of fused-ring (bicyclic) bond motifs is 1. The molecule has 1 aromatic carbocycles. The lowest BCUT2D eigenvalue weighted by molar-refractivity contribution is -0.118. The number of nitrogens with one attached hydrogen (secondary N) is 2. The zero-order chi connectivity index (χ0) is 15.3. The van der Waals surface area contributed by atoms with E-state index in [1.165, 1.54) is 6.07 Å². The number of thioether (sulfide) groups is 1. The van der Waals surface area contributed by atoms with Gasteiger partial charge >= 0.3 is 0 Å².